The van der Waals surface area contributed by atoms with Crippen molar-refractivity contribution in [1.82, 2.24) is 25.8 Å². The van der Waals surface area contributed by atoms with Gasteiger partial charge in [-0.3, -0.25) is 33.6 Å². The van der Waals surface area contributed by atoms with Gasteiger partial charge in [0.2, 0.25) is 29.5 Å². The Morgan fingerprint density at radius 2 is 1.75 bits per heavy atom. The van der Waals surface area contributed by atoms with Gasteiger partial charge in [0.15, 0.2) is 6.10 Å². The third kappa shape index (κ3) is 9.52. The molecule has 2 heterocycles. The van der Waals surface area contributed by atoms with E-state index in [9.17, 15) is 33.6 Å². The molecule has 2 aliphatic heterocycles. The molecule has 2 saturated heterocycles. The zero-order valence-electron chi connectivity index (χ0n) is 26.4. The lowest BCUT2D eigenvalue weighted by Crippen LogP contribution is -2.61. The average molecular weight is 621 g/mol. The van der Waals surface area contributed by atoms with Gasteiger partial charge in [0, 0.05) is 33.0 Å². The van der Waals surface area contributed by atoms with E-state index in [-0.39, 0.29) is 44.7 Å². The Balaban J connectivity index is 2.53. The number of carbonyl (C=O) groups excluding carboxylic acids is 7. The first-order valence-corrected chi connectivity index (χ1v) is 15.3. The van der Waals surface area contributed by atoms with Gasteiger partial charge in [-0.05, 0) is 31.1 Å². The van der Waals surface area contributed by atoms with Crippen molar-refractivity contribution in [2.45, 2.75) is 103 Å². The second-order valence-corrected chi connectivity index (χ2v) is 11.8. The predicted molar refractivity (Wildman–Crippen MR) is 160 cm³/mol. The SMILES string of the molecule is C=CCC1OC(=O)CCNC(=O)[C@H](CCC(N)=O)NC(=O)[C@H](C(C)C)N(C)C(=O)[C@H]([C@@H](C)CC)NC(=O)[C@@H]2CCCN2C1=O. The maximum atomic E-state index is 13.9. The van der Waals surface area contributed by atoms with E-state index in [0.717, 1.165) is 0 Å². The third-order valence-electron chi connectivity index (χ3n) is 8.15. The summed E-state index contributed by atoms with van der Waals surface area (Å²) in [4.78, 5) is 94.5. The second kappa shape index (κ2) is 16.8. The molecule has 44 heavy (non-hydrogen) atoms. The van der Waals surface area contributed by atoms with Crippen LogP contribution in [0.25, 0.3) is 0 Å². The molecular weight excluding hydrogens is 572 g/mol. The number of hydrogen-bond acceptors (Lipinski definition) is 8. The highest BCUT2D eigenvalue weighted by molar-refractivity contribution is 5.96. The van der Waals surface area contributed by atoms with Gasteiger partial charge in [-0.15, -0.1) is 6.58 Å². The summed E-state index contributed by atoms with van der Waals surface area (Å²) in [5, 5.41) is 8.03. The van der Waals surface area contributed by atoms with Crippen LogP contribution in [0.2, 0.25) is 0 Å². The van der Waals surface area contributed by atoms with Crippen molar-refractivity contribution in [3.63, 3.8) is 0 Å². The molecule has 5 N–H and O–H groups in total. The largest absolute Gasteiger partial charge is 0.452 e. The number of hydrogen-bond donors (Lipinski definition) is 4. The Morgan fingerprint density at radius 3 is 2.34 bits per heavy atom. The topological polar surface area (TPSA) is 197 Å². The highest BCUT2D eigenvalue weighted by atomic mass is 16.5. The van der Waals surface area contributed by atoms with Gasteiger partial charge in [0.1, 0.15) is 24.2 Å². The van der Waals surface area contributed by atoms with Crippen LogP contribution in [0.5, 0.6) is 0 Å². The van der Waals surface area contributed by atoms with E-state index in [1.807, 2.05) is 6.92 Å². The molecule has 6 atom stereocenters. The van der Waals surface area contributed by atoms with E-state index < -0.39 is 77.6 Å². The number of nitrogens with two attached hydrogens (primary N) is 1. The monoisotopic (exact) mass is 620 g/mol. The van der Waals surface area contributed by atoms with Crippen molar-refractivity contribution in [2.75, 3.05) is 20.1 Å². The van der Waals surface area contributed by atoms with Crippen LogP contribution < -0.4 is 21.7 Å². The van der Waals surface area contributed by atoms with Gasteiger partial charge >= 0.3 is 5.97 Å². The Bertz CT molecular complexity index is 1110. The summed E-state index contributed by atoms with van der Waals surface area (Å²) in [5.41, 5.74) is 5.29. The molecule has 0 aromatic rings. The molecule has 0 aliphatic carbocycles. The van der Waals surface area contributed by atoms with Crippen molar-refractivity contribution in [1.29, 1.82) is 0 Å². The molecule has 14 heteroatoms. The number of esters is 1. The molecule has 0 aromatic carbocycles. The fourth-order valence-corrected chi connectivity index (χ4v) is 5.49. The lowest BCUT2D eigenvalue weighted by atomic mass is 9.94. The number of nitrogens with one attached hydrogen (secondary N) is 3. The number of nitrogens with zero attached hydrogens (tertiary/aromatic N) is 2. The fourth-order valence-electron chi connectivity index (χ4n) is 5.49. The summed E-state index contributed by atoms with van der Waals surface area (Å²) in [6.45, 7) is 10.9. The quantitative estimate of drug-likeness (QED) is 0.210. The number of carbonyl (C=O) groups is 7. The number of likely N-dealkylation sites (N-methyl/N-ethyl adjacent to an activating group) is 1. The van der Waals surface area contributed by atoms with Crippen LogP contribution in [0.4, 0.5) is 0 Å². The Hall–Kier alpha value is -3.97. The van der Waals surface area contributed by atoms with Crippen LogP contribution >= 0.6 is 0 Å². The summed E-state index contributed by atoms with van der Waals surface area (Å²) >= 11 is 0. The van der Waals surface area contributed by atoms with Crippen LogP contribution in [-0.4, -0.2) is 102 Å². The van der Waals surface area contributed by atoms with Crippen LogP contribution in [0, 0.1) is 11.8 Å². The van der Waals surface area contributed by atoms with Crippen molar-refractivity contribution < 1.29 is 38.3 Å². The summed E-state index contributed by atoms with van der Waals surface area (Å²) in [6.07, 6.45) is 1.06. The van der Waals surface area contributed by atoms with Crippen molar-refractivity contribution >= 4 is 41.4 Å². The number of rotatable bonds is 8. The molecule has 0 spiro atoms. The van der Waals surface area contributed by atoms with Crippen LogP contribution in [0.15, 0.2) is 12.7 Å². The number of amides is 6. The number of primary amides is 1. The van der Waals surface area contributed by atoms with Gasteiger partial charge in [0.25, 0.3) is 5.91 Å². The highest BCUT2D eigenvalue weighted by Gasteiger charge is 2.42. The van der Waals surface area contributed by atoms with Crippen molar-refractivity contribution in [2.24, 2.45) is 17.6 Å². The van der Waals surface area contributed by atoms with E-state index in [0.29, 0.717) is 19.3 Å². The average Bonchev–Trinajstić information content (AvgIpc) is 3.46. The Labute approximate surface area is 258 Å². The number of cyclic esters (lactones) is 1. The Morgan fingerprint density at radius 1 is 1.07 bits per heavy atom. The molecule has 0 radical (unpaired) electrons. The van der Waals surface area contributed by atoms with Gasteiger partial charge in [-0.2, -0.15) is 0 Å². The first-order valence-electron chi connectivity index (χ1n) is 15.3. The standard InChI is InChI=1S/C30H48N6O8/c1-7-10-21-29(42)36-16-9-11-20(36)27(40)34-24(18(5)8-2)30(43)35(6)25(17(3)4)28(41)33-19(12-13-22(31)37)26(39)32-15-14-23(38)44-21/h7,17-21,24-25H,1,8-16H2,2-6H3,(H2,31,37)(H,32,39)(H,33,41)(H,34,40)/t18-,19-,20-,21?,24-,25-/m0/s1. The molecule has 0 bridgehead atoms. The molecule has 0 aromatic heterocycles. The van der Waals surface area contributed by atoms with Crippen LogP contribution in [-0.2, 0) is 38.3 Å². The first kappa shape index (κ1) is 36.2. The van der Waals surface area contributed by atoms with Crippen LogP contribution in [0.3, 0.4) is 0 Å². The molecule has 6 amide bonds. The van der Waals surface area contributed by atoms with Gasteiger partial charge < -0.3 is 36.2 Å². The van der Waals surface area contributed by atoms with E-state index in [4.69, 9.17) is 10.5 Å². The summed E-state index contributed by atoms with van der Waals surface area (Å²) < 4.78 is 5.44. The van der Waals surface area contributed by atoms with E-state index >= 15 is 0 Å². The normalized spacial score (nSPS) is 27.3. The lowest BCUT2D eigenvalue weighted by molar-refractivity contribution is -0.161. The molecule has 0 saturated carbocycles. The first-order chi connectivity index (χ1) is 20.7. The smallest absolute Gasteiger partial charge is 0.308 e. The van der Waals surface area contributed by atoms with E-state index in [2.05, 4.69) is 22.5 Å². The fraction of sp³-hybridized carbons (Fsp3) is 0.700. The molecule has 2 rings (SSSR count). The van der Waals surface area contributed by atoms with E-state index in [1.54, 1.807) is 20.8 Å². The van der Waals surface area contributed by atoms with Gasteiger partial charge in [-0.25, -0.2) is 0 Å². The maximum Gasteiger partial charge on any atom is 0.308 e. The minimum absolute atomic E-state index is 0.0123. The predicted octanol–water partition coefficient (Wildman–Crippen LogP) is -0.251. The summed E-state index contributed by atoms with van der Waals surface area (Å²) in [5.74, 6) is -5.03. The third-order valence-corrected chi connectivity index (χ3v) is 8.15. The number of fused-ring (bicyclic) bond motifs is 1. The minimum atomic E-state index is -1.22. The maximum absolute atomic E-state index is 13.9. The van der Waals surface area contributed by atoms with Crippen molar-refractivity contribution in [3.05, 3.63) is 12.7 Å². The molecule has 1 unspecified atom stereocenters. The van der Waals surface area contributed by atoms with Gasteiger partial charge in [-0.1, -0.05) is 40.2 Å². The minimum Gasteiger partial charge on any atom is -0.452 e. The number of ether oxygens (including phenoxy) is 1. The molecule has 246 valence electrons. The van der Waals surface area contributed by atoms with E-state index in [1.165, 1.54) is 22.9 Å². The molecule has 2 aliphatic rings. The zero-order valence-corrected chi connectivity index (χ0v) is 26.4. The summed E-state index contributed by atoms with van der Waals surface area (Å²) in [6, 6.07) is -4.11. The Kier molecular flexibility index (Phi) is 13.8. The highest BCUT2D eigenvalue weighted by Crippen LogP contribution is 2.23. The zero-order chi connectivity index (χ0) is 33.1. The second-order valence-electron chi connectivity index (χ2n) is 11.8. The molecular formula is C30H48N6O8. The van der Waals surface area contributed by atoms with Crippen molar-refractivity contribution in [3.8, 4) is 0 Å². The molecule has 2 fully saturated rings. The summed E-state index contributed by atoms with van der Waals surface area (Å²) in [7, 11) is 1.46. The lowest BCUT2D eigenvalue weighted by Gasteiger charge is -2.36. The van der Waals surface area contributed by atoms with Gasteiger partial charge in [0.05, 0.1) is 6.42 Å². The molecule has 14 nitrogen and oxygen atoms in total. The van der Waals surface area contributed by atoms with Crippen LogP contribution in [0.1, 0.15) is 72.6 Å².